The van der Waals surface area contributed by atoms with Gasteiger partial charge in [0, 0.05) is 0 Å². The number of unbranched alkanes of at least 4 members (excludes halogenated alkanes) is 35. The van der Waals surface area contributed by atoms with E-state index in [2.05, 4.69) is 48.7 Å². The first kappa shape index (κ1) is 59.3. The molecule has 3 unspecified atom stereocenters. The van der Waals surface area contributed by atoms with Gasteiger partial charge in [-0.2, -0.15) is 0 Å². The molecule has 0 heterocycles. The molecule has 0 saturated heterocycles. The van der Waals surface area contributed by atoms with Gasteiger partial charge in [-0.3, -0.25) is 4.79 Å². The smallest absolute Gasteiger partial charge is 0.222 e. The summed E-state index contributed by atoms with van der Waals surface area (Å²) in [6, 6.07) is -0.766. The molecule has 0 bridgehead atoms. The molecule has 0 fully saturated rings. The lowest BCUT2D eigenvalue weighted by Gasteiger charge is -2.21. The molecule has 61 heavy (non-hydrogen) atoms. The van der Waals surface area contributed by atoms with Crippen LogP contribution in [0.2, 0.25) is 0 Å². The molecule has 0 aliphatic carbocycles. The van der Waals surface area contributed by atoms with Gasteiger partial charge in [-0.15, -0.1) is 0 Å². The van der Waals surface area contributed by atoms with Gasteiger partial charge in [-0.25, -0.2) is 0 Å². The van der Waals surface area contributed by atoms with Gasteiger partial charge in [-0.05, 0) is 64.7 Å². The molecule has 0 radical (unpaired) electrons. The van der Waals surface area contributed by atoms with Crippen LogP contribution in [0, 0.1) is 0 Å². The van der Waals surface area contributed by atoms with Crippen LogP contribution in [-0.4, -0.2) is 46.1 Å². The van der Waals surface area contributed by atoms with Gasteiger partial charge in [-0.1, -0.05) is 255 Å². The van der Waals surface area contributed by atoms with Crippen molar-refractivity contribution in [1.29, 1.82) is 0 Å². The van der Waals surface area contributed by atoms with Crippen molar-refractivity contribution >= 4 is 5.91 Å². The molecule has 0 aliphatic rings. The molecule has 0 aromatic carbocycles. The Morgan fingerprint density at radius 2 is 0.770 bits per heavy atom. The minimum absolute atomic E-state index is 0.00223. The predicted octanol–water partition coefficient (Wildman–Crippen LogP) is 16.4. The summed E-state index contributed by atoms with van der Waals surface area (Å²) in [5.41, 5.74) is 0. The highest BCUT2D eigenvalue weighted by atomic mass is 16.3. The Kier molecular flexibility index (Phi) is 49.5. The number of aliphatic hydroxyl groups is 3. The predicted molar refractivity (Wildman–Crippen MR) is 268 cm³/mol. The fourth-order valence-electron chi connectivity index (χ4n) is 8.32. The number of rotatable bonds is 49. The second kappa shape index (κ2) is 50.9. The van der Waals surface area contributed by atoms with E-state index in [1.54, 1.807) is 6.08 Å². The van der Waals surface area contributed by atoms with Crippen LogP contribution in [0.5, 0.6) is 0 Å². The zero-order valence-corrected chi connectivity index (χ0v) is 40.8. The van der Waals surface area contributed by atoms with Crippen LogP contribution >= 0.6 is 0 Å². The molecule has 4 N–H and O–H groups in total. The number of carbonyl (C=O) groups excluding carboxylic acids is 1. The summed E-state index contributed by atoms with van der Waals surface area (Å²) < 4.78 is 0. The van der Waals surface area contributed by atoms with Crippen molar-refractivity contribution < 1.29 is 20.1 Å². The molecular formula is C56H105NO4. The third-order valence-electron chi connectivity index (χ3n) is 12.4. The fourth-order valence-corrected chi connectivity index (χ4v) is 8.32. The van der Waals surface area contributed by atoms with E-state index >= 15 is 0 Å². The van der Waals surface area contributed by atoms with Crippen LogP contribution in [0.4, 0.5) is 0 Å². The van der Waals surface area contributed by atoms with Crippen molar-refractivity contribution in [2.45, 2.75) is 295 Å². The topological polar surface area (TPSA) is 89.8 Å². The van der Waals surface area contributed by atoms with Crippen LogP contribution in [-0.2, 0) is 4.79 Å². The second-order valence-electron chi connectivity index (χ2n) is 18.5. The third-order valence-corrected chi connectivity index (χ3v) is 12.4. The van der Waals surface area contributed by atoms with Gasteiger partial charge in [0.15, 0.2) is 0 Å². The largest absolute Gasteiger partial charge is 0.394 e. The Balaban J connectivity index is 3.43. The van der Waals surface area contributed by atoms with E-state index in [0.717, 1.165) is 38.5 Å². The quantitative estimate of drug-likeness (QED) is 0.0362. The second-order valence-corrected chi connectivity index (χ2v) is 18.5. The maximum atomic E-state index is 12.4. The highest BCUT2D eigenvalue weighted by Gasteiger charge is 2.20. The van der Waals surface area contributed by atoms with Crippen molar-refractivity contribution in [2.75, 3.05) is 6.61 Å². The van der Waals surface area contributed by atoms with Gasteiger partial charge in [0.05, 0.1) is 31.3 Å². The summed E-state index contributed by atoms with van der Waals surface area (Å²) in [4.78, 5) is 12.4. The number of carbonyl (C=O) groups is 1. The van der Waals surface area contributed by atoms with Gasteiger partial charge < -0.3 is 20.6 Å². The van der Waals surface area contributed by atoms with Crippen LogP contribution in [0.1, 0.15) is 277 Å². The molecule has 0 rings (SSSR count). The minimum Gasteiger partial charge on any atom is -0.394 e. The molecule has 5 nitrogen and oxygen atoms in total. The Morgan fingerprint density at radius 1 is 0.443 bits per heavy atom. The first-order chi connectivity index (χ1) is 30.0. The summed E-state index contributed by atoms with van der Waals surface area (Å²) >= 11 is 0. The van der Waals surface area contributed by atoms with Crippen molar-refractivity contribution in [3.05, 3.63) is 48.6 Å². The molecule has 5 heteroatoms. The highest BCUT2D eigenvalue weighted by molar-refractivity contribution is 5.76. The van der Waals surface area contributed by atoms with E-state index in [-0.39, 0.29) is 18.9 Å². The summed E-state index contributed by atoms with van der Waals surface area (Å²) in [6.07, 6.45) is 67.8. The average molecular weight is 856 g/mol. The molecule has 1 amide bonds. The van der Waals surface area contributed by atoms with Gasteiger partial charge >= 0.3 is 0 Å². The summed E-state index contributed by atoms with van der Waals surface area (Å²) in [7, 11) is 0. The van der Waals surface area contributed by atoms with Crippen molar-refractivity contribution in [3.63, 3.8) is 0 Å². The fraction of sp³-hybridized carbons (Fsp3) is 0.839. The van der Waals surface area contributed by atoms with E-state index in [4.69, 9.17) is 0 Å². The number of allylic oxidation sites excluding steroid dienone is 7. The third kappa shape index (κ3) is 47.6. The van der Waals surface area contributed by atoms with E-state index in [1.807, 2.05) is 13.0 Å². The summed E-state index contributed by atoms with van der Waals surface area (Å²) in [6.45, 7) is 3.98. The first-order valence-electron chi connectivity index (χ1n) is 26.9. The standard InChI is InChI=1S/C56H105NO4/c1-3-5-7-9-11-13-14-15-16-17-18-19-20-21-22-23-24-25-26-27-28-29-30-31-32-33-34-35-36-37-38-39-40-42-43-45-47-49-53(59)51-56(61)57-54(52-58)55(60)50-48-46-44-41-12-10-8-6-4-2/h4,6,12,27-28,41,48,50,53-55,58-60H,3,5,7-11,13-26,29-40,42-47,49,51-52H2,1-2H3,(H,57,61)/b6-4+,28-27-,41-12+,50-48+. The maximum absolute atomic E-state index is 12.4. The molecule has 0 spiro atoms. The van der Waals surface area contributed by atoms with Crippen LogP contribution in [0.3, 0.4) is 0 Å². The van der Waals surface area contributed by atoms with E-state index in [0.29, 0.717) is 6.42 Å². The first-order valence-corrected chi connectivity index (χ1v) is 26.9. The molecular weight excluding hydrogens is 751 g/mol. The number of hydrogen-bond donors (Lipinski definition) is 4. The van der Waals surface area contributed by atoms with Crippen molar-refractivity contribution in [2.24, 2.45) is 0 Å². The number of aliphatic hydroxyl groups excluding tert-OH is 3. The zero-order valence-electron chi connectivity index (χ0n) is 40.8. The van der Waals surface area contributed by atoms with Crippen LogP contribution < -0.4 is 5.32 Å². The van der Waals surface area contributed by atoms with Crippen LogP contribution in [0.25, 0.3) is 0 Å². The Labute approximate surface area is 380 Å². The molecule has 0 aromatic rings. The molecule has 0 saturated carbocycles. The number of nitrogens with one attached hydrogen (secondary N) is 1. The normalized spacial score (nSPS) is 13.7. The summed E-state index contributed by atoms with van der Waals surface area (Å²) in [5.74, 6) is -0.331. The molecule has 0 aromatic heterocycles. The molecule has 3 atom stereocenters. The van der Waals surface area contributed by atoms with E-state index in [1.165, 1.54) is 212 Å². The Bertz CT molecular complexity index is 989. The number of amides is 1. The van der Waals surface area contributed by atoms with Gasteiger partial charge in [0.25, 0.3) is 0 Å². The zero-order chi connectivity index (χ0) is 44.4. The number of hydrogen-bond acceptors (Lipinski definition) is 4. The molecule has 0 aliphatic heterocycles. The lowest BCUT2D eigenvalue weighted by molar-refractivity contribution is -0.124. The lowest BCUT2D eigenvalue weighted by Crippen LogP contribution is -2.45. The molecule has 358 valence electrons. The van der Waals surface area contributed by atoms with Gasteiger partial charge in [0.1, 0.15) is 0 Å². The highest BCUT2D eigenvalue weighted by Crippen LogP contribution is 2.17. The van der Waals surface area contributed by atoms with Gasteiger partial charge in [0.2, 0.25) is 5.91 Å². The van der Waals surface area contributed by atoms with E-state index in [9.17, 15) is 20.1 Å². The van der Waals surface area contributed by atoms with E-state index < -0.39 is 18.2 Å². The SMILES string of the molecule is C/C=C/CC/C=C/CC/C=C/C(O)C(CO)NC(=O)CC(O)CCCCCCCCCCCCCCCCC/C=C\CCCCCCCCCCCCCCCCCCCC. The van der Waals surface area contributed by atoms with Crippen LogP contribution in [0.15, 0.2) is 48.6 Å². The Morgan fingerprint density at radius 3 is 1.15 bits per heavy atom. The average Bonchev–Trinajstić information content (AvgIpc) is 3.25. The monoisotopic (exact) mass is 856 g/mol. The maximum Gasteiger partial charge on any atom is 0.222 e. The summed E-state index contributed by atoms with van der Waals surface area (Å²) in [5, 5.41) is 33.1. The van der Waals surface area contributed by atoms with Crippen molar-refractivity contribution in [1.82, 2.24) is 5.32 Å². The Hall–Kier alpha value is -1.69. The lowest BCUT2D eigenvalue weighted by atomic mass is 10.0. The van der Waals surface area contributed by atoms with Crippen molar-refractivity contribution in [3.8, 4) is 0 Å². The minimum atomic E-state index is -0.958.